The van der Waals surface area contributed by atoms with E-state index in [0.29, 0.717) is 41.4 Å². The van der Waals surface area contributed by atoms with Gasteiger partial charge >= 0.3 is 0 Å². The quantitative estimate of drug-likeness (QED) is 0.389. The first kappa shape index (κ1) is 22.2. The molecule has 0 saturated heterocycles. The zero-order valence-electron chi connectivity index (χ0n) is 20.7. The van der Waals surface area contributed by atoms with E-state index in [2.05, 4.69) is 27.2 Å². The molecule has 4 aromatic heterocycles. The molecule has 0 saturated carbocycles. The van der Waals surface area contributed by atoms with Gasteiger partial charge in [-0.1, -0.05) is 54.6 Å². The maximum atomic E-state index is 14.4. The predicted molar refractivity (Wildman–Crippen MR) is 141 cm³/mol. The van der Waals surface area contributed by atoms with Crippen molar-refractivity contribution in [3.63, 3.8) is 0 Å². The van der Waals surface area contributed by atoms with E-state index < -0.39 is 5.54 Å². The molecular weight excluding hydrogens is 480 g/mol. The Balaban J connectivity index is 1.40. The van der Waals surface area contributed by atoms with Gasteiger partial charge in [-0.05, 0) is 42.2 Å². The molecule has 0 radical (unpaired) electrons. The first-order valence-corrected chi connectivity index (χ1v) is 12.4. The smallest absolute Gasteiger partial charge is 0.255 e. The molecule has 10 nitrogen and oxygen atoms in total. The molecule has 10 heteroatoms. The van der Waals surface area contributed by atoms with E-state index in [1.807, 2.05) is 54.3 Å². The summed E-state index contributed by atoms with van der Waals surface area (Å²) in [5, 5.41) is 9.82. The van der Waals surface area contributed by atoms with Gasteiger partial charge in [0.05, 0.1) is 17.8 Å². The SMILES string of the molecule is CC(C(=O)N1CCc2ccccc2C1)(c1ccccc1)n1ncc2c1nc(N)n1nc(-c3ccco3)nc21. The van der Waals surface area contributed by atoms with E-state index in [1.54, 1.807) is 29.3 Å². The Morgan fingerprint density at radius 1 is 0.974 bits per heavy atom. The monoisotopic (exact) mass is 504 g/mol. The molecule has 1 atom stereocenters. The highest BCUT2D eigenvalue weighted by molar-refractivity contribution is 5.94. The van der Waals surface area contributed by atoms with Gasteiger partial charge < -0.3 is 15.1 Å². The van der Waals surface area contributed by atoms with Crippen molar-refractivity contribution in [2.24, 2.45) is 0 Å². The Morgan fingerprint density at radius 3 is 2.55 bits per heavy atom. The zero-order valence-corrected chi connectivity index (χ0v) is 20.7. The van der Waals surface area contributed by atoms with Crippen LogP contribution in [-0.4, -0.2) is 46.7 Å². The van der Waals surface area contributed by atoms with Crippen molar-refractivity contribution in [3.05, 3.63) is 95.9 Å². The lowest BCUT2D eigenvalue weighted by Crippen LogP contribution is -2.51. The molecule has 6 aromatic rings. The molecule has 2 aromatic carbocycles. The van der Waals surface area contributed by atoms with Crippen LogP contribution >= 0.6 is 0 Å². The van der Waals surface area contributed by atoms with E-state index in [4.69, 9.17) is 15.2 Å². The second kappa shape index (κ2) is 8.27. The molecule has 1 aliphatic rings. The molecule has 0 bridgehead atoms. The van der Waals surface area contributed by atoms with Gasteiger partial charge in [0.25, 0.3) is 5.91 Å². The molecule has 0 aliphatic carbocycles. The lowest BCUT2D eigenvalue weighted by molar-refractivity contribution is -0.139. The third-order valence-corrected chi connectivity index (χ3v) is 7.36. The molecule has 2 N–H and O–H groups in total. The summed E-state index contributed by atoms with van der Waals surface area (Å²) in [7, 11) is 0. The number of anilines is 1. The van der Waals surface area contributed by atoms with E-state index in [0.717, 1.165) is 17.5 Å². The number of nitrogens with zero attached hydrogens (tertiary/aromatic N) is 7. The number of aromatic nitrogens is 6. The summed E-state index contributed by atoms with van der Waals surface area (Å²) in [5.41, 5.74) is 9.34. The second-order valence-corrected chi connectivity index (χ2v) is 9.60. The number of hydrogen-bond acceptors (Lipinski definition) is 7. The Bertz CT molecular complexity index is 1810. The van der Waals surface area contributed by atoms with Gasteiger partial charge in [-0.2, -0.15) is 14.6 Å². The Kier molecular flexibility index (Phi) is 4.84. The van der Waals surface area contributed by atoms with Crippen LogP contribution in [0.1, 0.15) is 23.6 Å². The van der Waals surface area contributed by atoms with Gasteiger partial charge in [-0.25, -0.2) is 9.67 Å². The molecule has 5 heterocycles. The number of nitrogen functional groups attached to an aromatic ring is 1. The molecule has 0 fully saturated rings. The third kappa shape index (κ3) is 3.23. The van der Waals surface area contributed by atoms with Crippen molar-refractivity contribution >= 4 is 28.5 Å². The summed E-state index contributed by atoms with van der Waals surface area (Å²) in [6.45, 7) is 3.04. The number of amides is 1. The van der Waals surface area contributed by atoms with Crippen LogP contribution in [0.25, 0.3) is 28.3 Å². The molecule has 38 heavy (non-hydrogen) atoms. The van der Waals surface area contributed by atoms with Gasteiger partial charge in [0.1, 0.15) is 0 Å². The normalized spacial score (nSPS) is 15.0. The van der Waals surface area contributed by atoms with Gasteiger partial charge in [0.15, 0.2) is 22.6 Å². The Morgan fingerprint density at radius 2 is 1.76 bits per heavy atom. The number of rotatable bonds is 4. The lowest BCUT2D eigenvalue weighted by Gasteiger charge is -2.37. The summed E-state index contributed by atoms with van der Waals surface area (Å²) in [4.78, 5) is 25.7. The summed E-state index contributed by atoms with van der Waals surface area (Å²) in [6, 6.07) is 21.5. The van der Waals surface area contributed by atoms with Crippen molar-refractivity contribution in [2.45, 2.75) is 25.4 Å². The number of hydrogen-bond donors (Lipinski definition) is 1. The van der Waals surface area contributed by atoms with Crippen LogP contribution in [0.3, 0.4) is 0 Å². The first-order chi connectivity index (χ1) is 18.5. The standard InChI is InChI=1S/C28H24N8O2/c1-28(20-10-3-2-4-11-20,26(37)34-14-13-18-8-5-6-9-19(18)17-34)36-25-21(16-30-36)24-31-23(22-12-7-15-38-22)33-35(24)27(29)32-25/h2-12,15-16H,13-14,17H2,1H3,(H2,29,32). The molecule has 0 spiro atoms. The number of carbonyl (C=O) groups excluding carboxylic acids is 1. The average Bonchev–Trinajstić information content (AvgIpc) is 3.72. The molecule has 1 amide bonds. The fourth-order valence-electron chi connectivity index (χ4n) is 5.32. The summed E-state index contributed by atoms with van der Waals surface area (Å²) >= 11 is 0. The van der Waals surface area contributed by atoms with Gasteiger partial charge in [-0.3, -0.25) is 4.79 Å². The number of carbonyl (C=O) groups is 1. The van der Waals surface area contributed by atoms with Crippen molar-refractivity contribution in [1.29, 1.82) is 0 Å². The van der Waals surface area contributed by atoms with Crippen LogP contribution in [0.5, 0.6) is 0 Å². The number of furan rings is 1. The molecule has 7 rings (SSSR count). The van der Waals surface area contributed by atoms with Crippen LogP contribution in [0, 0.1) is 0 Å². The minimum atomic E-state index is -1.18. The number of fused-ring (bicyclic) bond motifs is 4. The van der Waals surface area contributed by atoms with Crippen molar-refractivity contribution in [3.8, 4) is 11.6 Å². The second-order valence-electron chi connectivity index (χ2n) is 9.60. The topological polar surface area (TPSA) is 120 Å². The average molecular weight is 505 g/mol. The van der Waals surface area contributed by atoms with Gasteiger partial charge in [-0.15, -0.1) is 5.10 Å². The number of nitrogens with two attached hydrogens (primary N) is 1. The van der Waals surface area contributed by atoms with E-state index >= 15 is 0 Å². The minimum absolute atomic E-state index is 0.0683. The molecular formula is C28H24N8O2. The highest BCUT2D eigenvalue weighted by Crippen LogP contribution is 2.34. The van der Waals surface area contributed by atoms with E-state index in [1.165, 1.54) is 10.1 Å². The summed E-state index contributed by atoms with van der Waals surface area (Å²) in [6.07, 6.45) is 4.03. The van der Waals surface area contributed by atoms with Crippen LogP contribution in [0.4, 0.5) is 5.95 Å². The molecule has 188 valence electrons. The first-order valence-electron chi connectivity index (χ1n) is 12.4. The van der Waals surface area contributed by atoms with E-state index in [-0.39, 0.29) is 11.9 Å². The highest BCUT2D eigenvalue weighted by atomic mass is 16.3. The van der Waals surface area contributed by atoms with Gasteiger partial charge in [0, 0.05) is 13.1 Å². The fourth-order valence-corrected chi connectivity index (χ4v) is 5.32. The zero-order chi connectivity index (χ0) is 25.9. The van der Waals surface area contributed by atoms with Crippen molar-refractivity contribution < 1.29 is 9.21 Å². The Hall–Kier alpha value is -4.99. The summed E-state index contributed by atoms with van der Waals surface area (Å²) < 4.78 is 8.60. The minimum Gasteiger partial charge on any atom is -0.461 e. The van der Waals surface area contributed by atoms with Crippen molar-refractivity contribution in [1.82, 2.24) is 34.3 Å². The Labute approximate surface area is 217 Å². The largest absolute Gasteiger partial charge is 0.461 e. The maximum Gasteiger partial charge on any atom is 0.255 e. The van der Waals surface area contributed by atoms with Crippen molar-refractivity contribution in [2.75, 3.05) is 12.3 Å². The van der Waals surface area contributed by atoms with Crippen LogP contribution in [-0.2, 0) is 23.3 Å². The van der Waals surface area contributed by atoms with E-state index in [9.17, 15) is 4.79 Å². The lowest BCUT2D eigenvalue weighted by atomic mass is 9.89. The van der Waals surface area contributed by atoms with Crippen LogP contribution in [0.15, 0.2) is 83.6 Å². The maximum absolute atomic E-state index is 14.4. The summed E-state index contributed by atoms with van der Waals surface area (Å²) in [5.74, 6) is 0.969. The van der Waals surface area contributed by atoms with Crippen LogP contribution in [0.2, 0.25) is 0 Å². The van der Waals surface area contributed by atoms with Crippen LogP contribution < -0.4 is 5.73 Å². The fraction of sp³-hybridized carbons (Fsp3) is 0.179. The highest BCUT2D eigenvalue weighted by Gasteiger charge is 2.43. The van der Waals surface area contributed by atoms with Gasteiger partial charge in [0.2, 0.25) is 11.8 Å². The predicted octanol–water partition coefficient (Wildman–Crippen LogP) is 3.66. The molecule has 1 aliphatic heterocycles. The third-order valence-electron chi connectivity index (χ3n) is 7.36. The molecule has 1 unspecified atom stereocenters. The number of benzene rings is 2.